The van der Waals surface area contributed by atoms with Crippen LogP contribution in [0.25, 0.3) is 0 Å². The minimum absolute atomic E-state index is 0.0957. The average molecular weight is 409 g/mol. The number of carboxylic acids is 1. The number of fused-ring (bicyclic) bond motifs is 5. The molecule has 0 aromatic carbocycles. The lowest BCUT2D eigenvalue weighted by atomic mass is 9.43. The van der Waals surface area contributed by atoms with Crippen molar-refractivity contribution in [1.29, 1.82) is 0 Å². The Morgan fingerprint density at radius 3 is 2.45 bits per heavy atom. The molecule has 0 amide bonds. The molecule has 166 valence electrons. The summed E-state index contributed by atoms with van der Waals surface area (Å²) in [6, 6.07) is 0. The topological polar surface area (TPSA) is 98.0 Å². The van der Waals surface area contributed by atoms with Crippen molar-refractivity contribution in [3.05, 3.63) is 0 Å². The highest BCUT2D eigenvalue weighted by Gasteiger charge is 2.65. The molecule has 4 N–H and O–H groups in total. The molecular formula is C24H40O5. The normalized spacial score (nSPS) is 52.9. The fraction of sp³-hybridized carbons (Fsp3) is 0.958. The molecule has 5 nitrogen and oxygen atoms in total. The van der Waals surface area contributed by atoms with E-state index in [4.69, 9.17) is 5.11 Å². The van der Waals surface area contributed by atoms with Crippen molar-refractivity contribution in [2.24, 2.45) is 46.3 Å². The lowest BCUT2D eigenvalue weighted by Crippen LogP contribution is -2.62. The van der Waals surface area contributed by atoms with Gasteiger partial charge < -0.3 is 20.4 Å². The first-order chi connectivity index (χ1) is 13.6. The predicted molar refractivity (Wildman–Crippen MR) is 110 cm³/mol. The maximum atomic E-state index is 11.5. The van der Waals surface area contributed by atoms with Crippen LogP contribution in [-0.2, 0) is 4.79 Å². The van der Waals surface area contributed by atoms with Gasteiger partial charge in [0.2, 0.25) is 0 Å². The van der Waals surface area contributed by atoms with Crippen molar-refractivity contribution < 1.29 is 25.2 Å². The Kier molecular flexibility index (Phi) is 5.57. The molecule has 0 saturated heterocycles. The zero-order chi connectivity index (χ0) is 21.1. The maximum absolute atomic E-state index is 11.5. The summed E-state index contributed by atoms with van der Waals surface area (Å²) in [7, 11) is 0. The van der Waals surface area contributed by atoms with E-state index < -0.39 is 12.1 Å². The molecule has 0 aromatic rings. The fourth-order valence-corrected chi connectivity index (χ4v) is 8.68. The molecule has 5 heteroatoms. The number of hydrogen-bond acceptors (Lipinski definition) is 4. The molecule has 4 saturated carbocycles. The second-order valence-electron chi connectivity index (χ2n) is 11.4. The van der Waals surface area contributed by atoms with Gasteiger partial charge >= 0.3 is 5.97 Å². The first kappa shape index (κ1) is 21.6. The fourth-order valence-electron chi connectivity index (χ4n) is 8.68. The van der Waals surface area contributed by atoms with Crippen molar-refractivity contribution in [1.82, 2.24) is 0 Å². The Morgan fingerprint density at radius 2 is 1.76 bits per heavy atom. The van der Waals surface area contributed by atoms with Crippen LogP contribution in [0.4, 0.5) is 0 Å². The van der Waals surface area contributed by atoms with Crippen LogP contribution >= 0.6 is 0 Å². The van der Waals surface area contributed by atoms with E-state index in [0.717, 1.165) is 44.9 Å². The molecule has 4 aliphatic carbocycles. The van der Waals surface area contributed by atoms with E-state index in [2.05, 4.69) is 20.8 Å². The third-order valence-corrected chi connectivity index (χ3v) is 10.3. The van der Waals surface area contributed by atoms with Crippen LogP contribution in [-0.4, -0.2) is 44.7 Å². The Labute approximate surface area is 174 Å². The number of hydrogen-bond donors (Lipinski definition) is 4. The van der Waals surface area contributed by atoms with Crippen molar-refractivity contribution >= 4 is 5.97 Å². The zero-order valence-corrected chi connectivity index (χ0v) is 18.3. The molecule has 0 bridgehead atoms. The van der Waals surface area contributed by atoms with Crippen LogP contribution in [0, 0.1) is 46.3 Å². The SMILES string of the molecule is CC(CCC(=O)O)C1CCC2C3C(CC(O)C12C)C1(C)CCC(O)CC1C[C@H]3O. The molecule has 4 rings (SSSR count). The summed E-state index contributed by atoms with van der Waals surface area (Å²) in [6.07, 6.45) is 6.00. The second kappa shape index (κ2) is 7.49. The lowest BCUT2D eigenvalue weighted by Gasteiger charge is -2.63. The summed E-state index contributed by atoms with van der Waals surface area (Å²) in [5.74, 6) is 0.997. The van der Waals surface area contributed by atoms with Crippen molar-refractivity contribution in [2.45, 2.75) is 96.9 Å². The zero-order valence-electron chi connectivity index (χ0n) is 18.3. The number of carbonyl (C=O) groups is 1. The number of aliphatic hydroxyl groups excluding tert-OH is 3. The van der Waals surface area contributed by atoms with E-state index in [1.54, 1.807) is 0 Å². The Balaban J connectivity index is 1.61. The Bertz CT molecular complexity index is 637. The van der Waals surface area contributed by atoms with E-state index in [-0.39, 0.29) is 41.3 Å². The van der Waals surface area contributed by atoms with Gasteiger partial charge in [-0.05, 0) is 97.7 Å². The van der Waals surface area contributed by atoms with Crippen LogP contribution in [0.3, 0.4) is 0 Å². The molecule has 29 heavy (non-hydrogen) atoms. The van der Waals surface area contributed by atoms with Crippen molar-refractivity contribution in [3.8, 4) is 0 Å². The van der Waals surface area contributed by atoms with Gasteiger partial charge in [0.25, 0.3) is 0 Å². The summed E-state index contributed by atoms with van der Waals surface area (Å²) in [4.78, 5) is 11.1. The van der Waals surface area contributed by atoms with Gasteiger partial charge in [0.05, 0.1) is 18.3 Å². The molecule has 0 spiro atoms. The van der Waals surface area contributed by atoms with E-state index in [0.29, 0.717) is 30.1 Å². The molecule has 0 aromatic heterocycles. The average Bonchev–Trinajstić information content (AvgIpc) is 3.01. The first-order valence-corrected chi connectivity index (χ1v) is 11.8. The highest BCUT2D eigenvalue weighted by atomic mass is 16.4. The van der Waals surface area contributed by atoms with Gasteiger partial charge in [0.1, 0.15) is 0 Å². The van der Waals surface area contributed by atoms with Crippen LogP contribution < -0.4 is 0 Å². The van der Waals surface area contributed by atoms with Crippen molar-refractivity contribution in [3.63, 3.8) is 0 Å². The number of aliphatic hydroxyl groups is 3. The van der Waals surface area contributed by atoms with Gasteiger partial charge in [-0.15, -0.1) is 0 Å². The first-order valence-electron chi connectivity index (χ1n) is 11.8. The molecular weight excluding hydrogens is 368 g/mol. The van der Waals surface area contributed by atoms with Crippen LogP contribution in [0.1, 0.15) is 78.6 Å². The highest BCUT2D eigenvalue weighted by Crippen LogP contribution is 2.68. The summed E-state index contributed by atoms with van der Waals surface area (Å²) in [6.45, 7) is 6.72. The van der Waals surface area contributed by atoms with E-state index in [9.17, 15) is 20.1 Å². The maximum Gasteiger partial charge on any atom is 0.303 e. The molecule has 0 aliphatic heterocycles. The van der Waals surface area contributed by atoms with Gasteiger partial charge in [0, 0.05) is 6.42 Å². The summed E-state index contributed by atoms with van der Waals surface area (Å²) in [5.41, 5.74) is -0.143. The van der Waals surface area contributed by atoms with E-state index in [1.165, 1.54) is 0 Å². The Morgan fingerprint density at radius 1 is 1.03 bits per heavy atom. The lowest BCUT2D eigenvalue weighted by molar-refractivity contribution is -0.207. The highest BCUT2D eigenvalue weighted by molar-refractivity contribution is 5.66. The van der Waals surface area contributed by atoms with Gasteiger partial charge in [0.15, 0.2) is 0 Å². The van der Waals surface area contributed by atoms with E-state index >= 15 is 0 Å². The van der Waals surface area contributed by atoms with E-state index in [1.807, 2.05) is 0 Å². The van der Waals surface area contributed by atoms with Crippen molar-refractivity contribution in [2.75, 3.05) is 0 Å². The number of carboxylic acid groups (broad SMARTS) is 1. The van der Waals surface area contributed by atoms with Gasteiger partial charge in [-0.1, -0.05) is 20.8 Å². The minimum Gasteiger partial charge on any atom is -0.481 e. The molecule has 11 atom stereocenters. The van der Waals surface area contributed by atoms with Crippen LogP contribution in [0.15, 0.2) is 0 Å². The molecule has 10 unspecified atom stereocenters. The summed E-state index contributed by atoms with van der Waals surface area (Å²) in [5, 5.41) is 42.0. The largest absolute Gasteiger partial charge is 0.481 e. The molecule has 4 aliphatic rings. The van der Waals surface area contributed by atoms with Crippen LogP contribution in [0.2, 0.25) is 0 Å². The molecule has 0 heterocycles. The second-order valence-corrected chi connectivity index (χ2v) is 11.4. The van der Waals surface area contributed by atoms with Crippen LogP contribution in [0.5, 0.6) is 0 Å². The smallest absolute Gasteiger partial charge is 0.303 e. The van der Waals surface area contributed by atoms with Gasteiger partial charge in [-0.3, -0.25) is 4.79 Å². The number of rotatable bonds is 4. The Hall–Kier alpha value is -0.650. The summed E-state index contributed by atoms with van der Waals surface area (Å²) >= 11 is 0. The predicted octanol–water partition coefficient (Wildman–Crippen LogP) is 3.45. The summed E-state index contributed by atoms with van der Waals surface area (Å²) < 4.78 is 0. The minimum atomic E-state index is -0.748. The third-order valence-electron chi connectivity index (χ3n) is 10.3. The monoisotopic (exact) mass is 408 g/mol. The van der Waals surface area contributed by atoms with Gasteiger partial charge in [-0.25, -0.2) is 0 Å². The molecule has 4 fully saturated rings. The molecule has 0 radical (unpaired) electrons. The quantitative estimate of drug-likeness (QED) is 0.571. The third kappa shape index (κ3) is 3.27. The standard InChI is InChI=1S/C24H40O5/c1-13(4-7-21(28)29)16-5-6-17-22-18(12-20(27)24(16,17)3)23(2)9-8-15(25)10-14(23)11-19(22)26/h13-20,22,25-27H,4-12H2,1-3H3,(H,28,29)/t13?,14?,15?,16?,17?,18?,19-,20?,22?,23?,24?/m1/s1. The number of aliphatic carboxylic acids is 1. The van der Waals surface area contributed by atoms with Gasteiger partial charge in [-0.2, -0.15) is 0 Å².